The average Bonchev–Trinajstić information content (AvgIpc) is 2.26. The van der Waals surface area contributed by atoms with Crippen LogP contribution in [-0.2, 0) is 16.2 Å². The van der Waals surface area contributed by atoms with Crippen LogP contribution < -0.4 is 10.5 Å². The molecule has 0 aliphatic carbocycles. The first kappa shape index (κ1) is 16.3. The van der Waals surface area contributed by atoms with Gasteiger partial charge in [0.1, 0.15) is 0 Å². The van der Waals surface area contributed by atoms with Gasteiger partial charge in [0.05, 0.1) is 22.1 Å². The molecule has 0 spiro atoms. The molecular formula is C11H13F3N2O3S. The number of hydrogen-bond donors (Lipinski definition) is 2. The molecule has 0 saturated heterocycles. The van der Waals surface area contributed by atoms with Gasteiger partial charge >= 0.3 is 6.18 Å². The number of carbonyl (C=O) groups excluding carboxylic acids is 1. The molecule has 0 bridgehead atoms. The number of rotatable bonds is 4. The molecule has 1 aromatic rings. The lowest BCUT2D eigenvalue weighted by atomic mass is 10.1. The summed E-state index contributed by atoms with van der Waals surface area (Å²) in [6.07, 6.45) is -4.66. The smallest absolute Gasteiger partial charge is 0.366 e. The number of amides is 1. The topological polar surface area (TPSA) is 89.3 Å². The van der Waals surface area contributed by atoms with Crippen molar-refractivity contribution in [2.45, 2.75) is 25.3 Å². The fourth-order valence-corrected chi connectivity index (χ4v) is 2.00. The Morgan fingerprint density at radius 2 is 1.85 bits per heavy atom. The highest BCUT2D eigenvalue weighted by Gasteiger charge is 2.32. The van der Waals surface area contributed by atoms with Crippen molar-refractivity contribution in [3.8, 4) is 0 Å². The number of nitrogens with one attached hydrogen (secondary N) is 1. The molecule has 3 N–H and O–H groups in total. The third kappa shape index (κ3) is 3.62. The predicted molar refractivity (Wildman–Crippen MR) is 67.6 cm³/mol. The van der Waals surface area contributed by atoms with Crippen LogP contribution in [-0.4, -0.2) is 19.6 Å². The summed E-state index contributed by atoms with van der Waals surface area (Å²) in [5.74, 6) is -1.03. The zero-order chi connectivity index (χ0) is 15.7. The van der Waals surface area contributed by atoms with Gasteiger partial charge in [0.25, 0.3) is 5.91 Å². The number of primary amides is 1. The van der Waals surface area contributed by atoms with Gasteiger partial charge in [0.2, 0.25) is 10.0 Å². The first-order valence-corrected chi connectivity index (χ1v) is 7.02. The maximum Gasteiger partial charge on any atom is 0.416 e. The van der Waals surface area contributed by atoms with Crippen LogP contribution in [0.2, 0.25) is 0 Å². The van der Waals surface area contributed by atoms with Gasteiger partial charge < -0.3 is 5.73 Å². The minimum absolute atomic E-state index is 0.331. The maximum atomic E-state index is 12.6. The van der Waals surface area contributed by atoms with Crippen molar-refractivity contribution in [1.29, 1.82) is 0 Å². The molecule has 1 amide bonds. The Balaban J connectivity index is 3.38. The van der Waals surface area contributed by atoms with Crippen molar-refractivity contribution >= 4 is 21.6 Å². The van der Waals surface area contributed by atoms with E-state index in [0.29, 0.717) is 12.1 Å². The first-order chi connectivity index (χ1) is 8.95. The highest BCUT2D eigenvalue weighted by molar-refractivity contribution is 7.93. The molecule has 0 fully saturated rings. The predicted octanol–water partition coefficient (Wildman–Crippen LogP) is 1.95. The number of anilines is 1. The highest BCUT2D eigenvalue weighted by atomic mass is 32.2. The van der Waals surface area contributed by atoms with Gasteiger partial charge in [-0.15, -0.1) is 0 Å². The van der Waals surface area contributed by atoms with Crippen LogP contribution >= 0.6 is 0 Å². The average molecular weight is 310 g/mol. The molecule has 1 rings (SSSR count). The maximum absolute atomic E-state index is 12.6. The number of hydrogen-bond acceptors (Lipinski definition) is 3. The van der Waals surface area contributed by atoms with Crippen molar-refractivity contribution < 1.29 is 26.4 Å². The summed E-state index contributed by atoms with van der Waals surface area (Å²) in [6.45, 7) is 2.69. The van der Waals surface area contributed by atoms with Gasteiger partial charge in [-0.2, -0.15) is 13.2 Å². The molecule has 0 aliphatic heterocycles. The minimum atomic E-state index is -4.66. The van der Waals surface area contributed by atoms with Crippen LogP contribution in [0.15, 0.2) is 18.2 Å². The molecule has 20 heavy (non-hydrogen) atoms. The number of sulfonamides is 1. The summed E-state index contributed by atoms with van der Waals surface area (Å²) in [5, 5.41) is -0.877. The molecular weight excluding hydrogens is 297 g/mol. The minimum Gasteiger partial charge on any atom is -0.366 e. The fraction of sp³-hybridized carbons (Fsp3) is 0.364. The van der Waals surface area contributed by atoms with Crippen LogP contribution in [0.1, 0.15) is 29.8 Å². The van der Waals surface area contributed by atoms with E-state index < -0.39 is 38.6 Å². The second-order valence-corrected chi connectivity index (χ2v) is 6.56. The molecule has 0 saturated carbocycles. The van der Waals surface area contributed by atoms with Crippen LogP contribution in [0.3, 0.4) is 0 Å². The Bertz CT molecular complexity index is 624. The lowest BCUT2D eigenvalue weighted by Gasteiger charge is -2.15. The van der Waals surface area contributed by atoms with Gasteiger partial charge in [-0.05, 0) is 32.0 Å². The molecule has 0 radical (unpaired) electrons. The molecule has 112 valence electrons. The summed E-state index contributed by atoms with van der Waals surface area (Å²) in [4.78, 5) is 11.1. The highest BCUT2D eigenvalue weighted by Crippen LogP contribution is 2.32. The normalized spacial score (nSPS) is 12.5. The molecule has 0 unspecified atom stereocenters. The Kier molecular flexibility index (Phi) is 4.33. The monoisotopic (exact) mass is 310 g/mol. The summed E-state index contributed by atoms with van der Waals surface area (Å²) in [6, 6.07) is 2.04. The lowest BCUT2D eigenvalue weighted by Crippen LogP contribution is -2.25. The van der Waals surface area contributed by atoms with E-state index in [4.69, 9.17) is 5.73 Å². The van der Waals surface area contributed by atoms with Crippen LogP contribution in [0.25, 0.3) is 0 Å². The van der Waals surface area contributed by atoms with E-state index in [2.05, 4.69) is 0 Å². The second-order valence-electron chi connectivity index (χ2n) is 4.32. The standard InChI is InChI=1S/C11H13F3N2O3S/c1-6(2)20(18,19)16-9-5-7(11(12,13)14)3-4-8(9)10(15)17/h3-6,16H,1-2H3,(H2,15,17). The van der Waals surface area contributed by atoms with Crippen molar-refractivity contribution in [1.82, 2.24) is 0 Å². The van der Waals surface area contributed by atoms with E-state index in [-0.39, 0.29) is 5.56 Å². The Labute approximate surface area is 114 Å². The SMILES string of the molecule is CC(C)S(=O)(=O)Nc1cc(C(F)(F)F)ccc1C(N)=O. The van der Waals surface area contributed by atoms with Crippen molar-refractivity contribution in [2.75, 3.05) is 4.72 Å². The van der Waals surface area contributed by atoms with E-state index in [1.54, 1.807) is 0 Å². The van der Waals surface area contributed by atoms with Gasteiger partial charge in [-0.25, -0.2) is 8.42 Å². The molecule has 9 heteroatoms. The summed E-state index contributed by atoms with van der Waals surface area (Å²) in [5.41, 5.74) is 3.12. The van der Waals surface area contributed by atoms with E-state index in [1.807, 2.05) is 4.72 Å². The van der Waals surface area contributed by atoms with Crippen molar-refractivity contribution in [3.05, 3.63) is 29.3 Å². The Morgan fingerprint density at radius 3 is 2.25 bits per heavy atom. The lowest BCUT2D eigenvalue weighted by molar-refractivity contribution is -0.137. The quantitative estimate of drug-likeness (QED) is 0.890. The summed E-state index contributed by atoms with van der Waals surface area (Å²) < 4.78 is 63.1. The van der Waals surface area contributed by atoms with Crippen LogP contribution in [0.5, 0.6) is 0 Å². The molecule has 1 aromatic carbocycles. The number of carbonyl (C=O) groups is 1. The third-order valence-corrected chi connectivity index (χ3v) is 4.23. The van der Waals surface area contributed by atoms with E-state index in [9.17, 15) is 26.4 Å². The third-order valence-electron chi connectivity index (χ3n) is 2.49. The number of benzene rings is 1. The zero-order valence-corrected chi connectivity index (χ0v) is 11.5. The molecule has 0 heterocycles. The van der Waals surface area contributed by atoms with Crippen LogP contribution in [0.4, 0.5) is 18.9 Å². The van der Waals surface area contributed by atoms with Crippen LogP contribution in [0, 0.1) is 0 Å². The largest absolute Gasteiger partial charge is 0.416 e. The Hall–Kier alpha value is -1.77. The van der Waals surface area contributed by atoms with E-state index in [1.165, 1.54) is 13.8 Å². The molecule has 0 atom stereocenters. The zero-order valence-electron chi connectivity index (χ0n) is 10.7. The summed E-state index contributed by atoms with van der Waals surface area (Å²) >= 11 is 0. The first-order valence-electron chi connectivity index (χ1n) is 5.48. The molecule has 0 aliphatic rings. The Morgan fingerprint density at radius 1 is 1.30 bits per heavy atom. The summed E-state index contributed by atoms with van der Waals surface area (Å²) in [7, 11) is -3.89. The van der Waals surface area contributed by atoms with Crippen molar-refractivity contribution in [3.63, 3.8) is 0 Å². The second kappa shape index (κ2) is 5.31. The van der Waals surface area contributed by atoms with Gasteiger partial charge in [-0.3, -0.25) is 9.52 Å². The van der Waals surface area contributed by atoms with Crippen molar-refractivity contribution in [2.24, 2.45) is 5.73 Å². The van der Waals surface area contributed by atoms with Gasteiger partial charge in [-0.1, -0.05) is 0 Å². The van der Waals surface area contributed by atoms with E-state index in [0.717, 1.165) is 6.07 Å². The number of halogens is 3. The van der Waals surface area contributed by atoms with Gasteiger partial charge in [0.15, 0.2) is 0 Å². The fourth-order valence-electron chi connectivity index (χ4n) is 1.29. The van der Waals surface area contributed by atoms with E-state index >= 15 is 0 Å². The number of nitrogens with two attached hydrogens (primary N) is 1. The molecule has 5 nitrogen and oxygen atoms in total. The molecule has 0 aromatic heterocycles. The van der Waals surface area contributed by atoms with Gasteiger partial charge in [0, 0.05) is 0 Å². The number of alkyl halides is 3.